The number of hydrogen-bond acceptors (Lipinski definition) is 3. The standard InChI is InChI=1S/C15H20ClNO3/c1-2-14(11-3-5-12(16)6-4-11)17-7-8-20-13(10-17)9-15(18)19/h3-6,13-14H,2,7-10H2,1H3,(H,18,19). The van der Waals surface area contributed by atoms with Crippen molar-refractivity contribution in [1.29, 1.82) is 0 Å². The molecule has 1 heterocycles. The first-order valence-corrected chi connectivity index (χ1v) is 7.31. The largest absolute Gasteiger partial charge is 0.481 e. The number of aliphatic carboxylic acids is 1. The van der Waals surface area contributed by atoms with E-state index in [1.165, 1.54) is 5.56 Å². The normalized spacial score (nSPS) is 21.6. The highest BCUT2D eigenvalue weighted by Gasteiger charge is 2.27. The van der Waals surface area contributed by atoms with Gasteiger partial charge in [0.25, 0.3) is 0 Å². The Morgan fingerprint density at radius 3 is 2.80 bits per heavy atom. The number of carboxylic acid groups (broad SMARTS) is 1. The molecule has 1 N–H and O–H groups in total. The second kappa shape index (κ2) is 7.07. The molecule has 1 aliphatic heterocycles. The van der Waals surface area contributed by atoms with Gasteiger partial charge in [-0.25, -0.2) is 0 Å². The Morgan fingerprint density at radius 2 is 2.20 bits per heavy atom. The molecule has 1 saturated heterocycles. The summed E-state index contributed by atoms with van der Waals surface area (Å²) in [6.07, 6.45) is 0.817. The van der Waals surface area contributed by atoms with Crippen LogP contribution >= 0.6 is 11.6 Å². The van der Waals surface area contributed by atoms with Gasteiger partial charge >= 0.3 is 5.97 Å². The summed E-state index contributed by atoms with van der Waals surface area (Å²) in [4.78, 5) is 13.1. The van der Waals surface area contributed by atoms with E-state index < -0.39 is 5.97 Å². The number of benzene rings is 1. The third-order valence-electron chi connectivity index (χ3n) is 3.65. The minimum absolute atomic E-state index is 0.0630. The molecule has 2 rings (SSSR count). The molecule has 110 valence electrons. The Bertz CT molecular complexity index is 449. The van der Waals surface area contributed by atoms with Crippen LogP contribution in [-0.4, -0.2) is 41.8 Å². The molecule has 0 saturated carbocycles. The van der Waals surface area contributed by atoms with Crippen molar-refractivity contribution in [1.82, 2.24) is 4.90 Å². The van der Waals surface area contributed by atoms with Crippen molar-refractivity contribution in [3.05, 3.63) is 34.9 Å². The van der Waals surface area contributed by atoms with Crippen LogP contribution < -0.4 is 0 Å². The Hall–Kier alpha value is -1.10. The van der Waals surface area contributed by atoms with Crippen LogP contribution in [0.1, 0.15) is 31.4 Å². The van der Waals surface area contributed by atoms with Crippen LogP contribution in [0.2, 0.25) is 5.02 Å². The van der Waals surface area contributed by atoms with Crippen LogP contribution in [-0.2, 0) is 9.53 Å². The molecule has 20 heavy (non-hydrogen) atoms. The molecule has 1 aromatic carbocycles. The van der Waals surface area contributed by atoms with Crippen LogP contribution in [0.3, 0.4) is 0 Å². The van der Waals surface area contributed by atoms with E-state index in [0.29, 0.717) is 13.2 Å². The number of rotatable bonds is 5. The third-order valence-corrected chi connectivity index (χ3v) is 3.91. The van der Waals surface area contributed by atoms with Crippen molar-refractivity contribution < 1.29 is 14.6 Å². The molecule has 0 radical (unpaired) electrons. The molecular formula is C15H20ClNO3. The Balaban J connectivity index is 2.06. The van der Waals surface area contributed by atoms with E-state index >= 15 is 0 Å². The average molecular weight is 298 g/mol. The zero-order valence-corrected chi connectivity index (χ0v) is 12.3. The molecule has 0 aliphatic carbocycles. The van der Waals surface area contributed by atoms with Crippen LogP contribution in [0.4, 0.5) is 0 Å². The maximum absolute atomic E-state index is 10.8. The molecule has 4 nitrogen and oxygen atoms in total. The van der Waals surface area contributed by atoms with Gasteiger partial charge in [-0.2, -0.15) is 0 Å². The van der Waals surface area contributed by atoms with E-state index in [-0.39, 0.29) is 18.6 Å². The molecule has 1 aromatic rings. The molecule has 5 heteroatoms. The fourth-order valence-electron chi connectivity index (χ4n) is 2.73. The summed E-state index contributed by atoms with van der Waals surface area (Å²) in [5.41, 5.74) is 1.22. The van der Waals surface area contributed by atoms with E-state index in [4.69, 9.17) is 21.4 Å². The molecule has 0 bridgehead atoms. The highest BCUT2D eigenvalue weighted by atomic mass is 35.5. The van der Waals surface area contributed by atoms with Gasteiger partial charge in [0.05, 0.1) is 19.1 Å². The van der Waals surface area contributed by atoms with Gasteiger partial charge in [-0.3, -0.25) is 9.69 Å². The summed E-state index contributed by atoms with van der Waals surface area (Å²) in [5.74, 6) is -0.809. The summed E-state index contributed by atoms with van der Waals surface area (Å²) in [6.45, 7) is 4.22. The van der Waals surface area contributed by atoms with E-state index in [1.54, 1.807) is 0 Å². The van der Waals surface area contributed by atoms with Crippen molar-refractivity contribution in [3.63, 3.8) is 0 Å². The lowest BCUT2D eigenvalue weighted by Crippen LogP contribution is -2.44. The summed E-state index contributed by atoms with van der Waals surface area (Å²) >= 11 is 5.93. The molecule has 0 aromatic heterocycles. The molecule has 1 aliphatic rings. The summed E-state index contributed by atoms with van der Waals surface area (Å²) in [6, 6.07) is 8.16. The maximum Gasteiger partial charge on any atom is 0.306 e. The average Bonchev–Trinajstić information content (AvgIpc) is 2.41. The Morgan fingerprint density at radius 1 is 1.50 bits per heavy atom. The molecule has 0 amide bonds. The van der Waals surface area contributed by atoms with Crippen molar-refractivity contribution >= 4 is 17.6 Å². The van der Waals surface area contributed by atoms with E-state index in [9.17, 15) is 4.79 Å². The van der Waals surface area contributed by atoms with Gasteiger partial charge in [0.15, 0.2) is 0 Å². The highest BCUT2D eigenvalue weighted by molar-refractivity contribution is 6.30. The van der Waals surface area contributed by atoms with Gasteiger partial charge in [0.1, 0.15) is 0 Å². The lowest BCUT2D eigenvalue weighted by atomic mass is 10.0. The van der Waals surface area contributed by atoms with Gasteiger partial charge in [-0.05, 0) is 24.1 Å². The number of carboxylic acids is 1. The molecule has 2 atom stereocenters. The summed E-state index contributed by atoms with van der Waals surface area (Å²) < 4.78 is 5.53. The minimum atomic E-state index is -0.809. The van der Waals surface area contributed by atoms with E-state index in [1.807, 2.05) is 24.3 Å². The van der Waals surface area contributed by atoms with Gasteiger partial charge in [-0.1, -0.05) is 30.7 Å². The van der Waals surface area contributed by atoms with Crippen LogP contribution in [0.25, 0.3) is 0 Å². The second-order valence-corrected chi connectivity index (χ2v) is 5.50. The Kier molecular flexibility index (Phi) is 5.40. The van der Waals surface area contributed by atoms with Gasteiger partial charge in [0, 0.05) is 24.2 Å². The topological polar surface area (TPSA) is 49.8 Å². The summed E-state index contributed by atoms with van der Waals surface area (Å²) in [7, 11) is 0. The number of halogens is 1. The number of hydrogen-bond donors (Lipinski definition) is 1. The van der Waals surface area contributed by atoms with Crippen LogP contribution in [0.15, 0.2) is 24.3 Å². The number of ether oxygens (including phenoxy) is 1. The first-order valence-electron chi connectivity index (χ1n) is 6.93. The summed E-state index contributed by atoms with van der Waals surface area (Å²) in [5, 5.41) is 9.61. The van der Waals surface area contributed by atoms with Crippen molar-refractivity contribution in [3.8, 4) is 0 Å². The van der Waals surface area contributed by atoms with Crippen LogP contribution in [0, 0.1) is 0 Å². The van der Waals surface area contributed by atoms with Crippen LogP contribution in [0.5, 0.6) is 0 Å². The van der Waals surface area contributed by atoms with Crippen molar-refractivity contribution in [2.75, 3.05) is 19.7 Å². The van der Waals surface area contributed by atoms with E-state index in [0.717, 1.165) is 18.0 Å². The molecule has 1 fully saturated rings. The minimum Gasteiger partial charge on any atom is -0.481 e. The fourth-order valence-corrected chi connectivity index (χ4v) is 2.86. The van der Waals surface area contributed by atoms with E-state index in [2.05, 4.69) is 11.8 Å². The zero-order valence-electron chi connectivity index (χ0n) is 11.6. The first-order chi connectivity index (χ1) is 9.60. The second-order valence-electron chi connectivity index (χ2n) is 5.06. The maximum atomic E-state index is 10.8. The number of morpholine rings is 1. The lowest BCUT2D eigenvalue weighted by molar-refractivity contribution is -0.142. The lowest BCUT2D eigenvalue weighted by Gasteiger charge is -2.38. The quantitative estimate of drug-likeness (QED) is 0.908. The van der Waals surface area contributed by atoms with Gasteiger partial charge in [-0.15, -0.1) is 0 Å². The number of nitrogens with zero attached hydrogens (tertiary/aromatic N) is 1. The molecular weight excluding hydrogens is 278 g/mol. The predicted molar refractivity (Wildman–Crippen MR) is 78.0 cm³/mol. The fraction of sp³-hybridized carbons (Fsp3) is 0.533. The van der Waals surface area contributed by atoms with Gasteiger partial charge < -0.3 is 9.84 Å². The monoisotopic (exact) mass is 297 g/mol. The SMILES string of the molecule is CCC(c1ccc(Cl)cc1)N1CCOC(CC(=O)O)C1. The Labute approximate surface area is 124 Å². The first kappa shape index (κ1) is 15.3. The molecule has 2 unspecified atom stereocenters. The van der Waals surface area contributed by atoms with Crippen molar-refractivity contribution in [2.24, 2.45) is 0 Å². The molecule has 0 spiro atoms. The zero-order chi connectivity index (χ0) is 14.5. The number of carbonyl (C=O) groups is 1. The predicted octanol–water partition coefficient (Wildman–Crippen LogP) is 2.97. The highest BCUT2D eigenvalue weighted by Crippen LogP contribution is 2.27. The van der Waals surface area contributed by atoms with Gasteiger partial charge in [0.2, 0.25) is 0 Å². The third kappa shape index (κ3) is 3.95. The smallest absolute Gasteiger partial charge is 0.306 e. The van der Waals surface area contributed by atoms with Crippen molar-refractivity contribution in [2.45, 2.75) is 31.9 Å².